The molecule has 30 heavy (non-hydrogen) atoms. The monoisotopic (exact) mass is 512 g/mol. The van der Waals surface area contributed by atoms with Crippen LogP contribution in [0.5, 0.6) is 5.75 Å². The van der Waals surface area contributed by atoms with Crippen molar-refractivity contribution in [3.8, 4) is 5.75 Å². The summed E-state index contributed by atoms with van der Waals surface area (Å²) in [5.74, 6) is -0.613. The minimum Gasteiger partial charge on any atom is -0.479 e. The number of hydrogen-bond acceptors (Lipinski definition) is 6. The van der Waals surface area contributed by atoms with Gasteiger partial charge in [0.25, 0.3) is 0 Å². The van der Waals surface area contributed by atoms with E-state index in [4.69, 9.17) is 37.1 Å². The molecule has 0 bridgehead atoms. The summed E-state index contributed by atoms with van der Waals surface area (Å²) in [4.78, 5) is 23.6. The van der Waals surface area contributed by atoms with Crippen molar-refractivity contribution in [2.45, 2.75) is 6.92 Å². The zero-order chi connectivity index (χ0) is 21.7. The molecule has 1 heterocycles. The molecular formula is C20H15BrCl2N2O5. The van der Waals surface area contributed by atoms with Gasteiger partial charge in [-0.1, -0.05) is 23.2 Å². The van der Waals surface area contributed by atoms with Gasteiger partial charge in [0.1, 0.15) is 5.58 Å². The summed E-state index contributed by atoms with van der Waals surface area (Å²) in [7, 11) is 0. The summed E-state index contributed by atoms with van der Waals surface area (Å²) in [5, 5.41) is 5.43. The smallest absolute Gasteiger partial charge is 0.344 e. The predicted octanol–water partition coefficient (Wildman–Crippen LogP) is 5.21. The Morgan fingerprint density at radius 3 is 2.77 bits per heavy atom. The number of carbonyl (C=O) groups is 2. The minimum atomic E-state index is -0.516. The summed E-state index contributed by atoms with van der Waals surface area (Å²) in [6.45, 7) is 1.70. The van der Waals surface area contributed by atoms with Crippen molar-refractivity contribution in [1.29, 1.82) is 0 Å². The maximum atomic E-state index is 12.2. The van der Waals surface area contributed by atoms with Crippen LogP contribution in [0.2, 0.25) is 10.0 Å². The van der Waals surface area contributed by atoms with Crippen LogP contribution in [0.25, 0.3) is 11.0 Å². The molecule has 156 valence electrons. The number of fused-ring (bicyclic) bond motifs is 1. The third-order valence-electron chi connectivity index (χ3n) is 3.74. The van der Waals surface area contributed by atoms with Crippen molar-refractivity contribution in [3.05, 3.63) is 62.2 Å². The van der Waals surface area contributed by atoms with E-state index in [0.29, 0.717) is 31.8 Å². The number of hydrazone groups is 1. The maximum Gasteiger partial charge on any atom is 0.344 e. The van der Waals surface area contributed by atoms with E-state index in [0.717, 1.165) is 0 Å². The molecule has 3 aromatic rings. The average Bonchev–Trinajstić information content (AvgIpc) is 3.11. The second-order valence-corrected chi connectivity index (χ2v) is 7.60. The maximum absolute atomic E-state index is 12.2. The Morgan fingerprint density at radius 2 is 2.03 bits per heavy atom. The molecule has 0 aliphatic heterocycles. The zero-order valence-corrected chi connectivity index (χ0v) is 18.7. The highest BCUT2D eigenvalue weighted by molar-refractivity contribution is 9.10. The highest BCUT2D eigenvalue weighted by Crippen LogP contribution is 2.34. The molecule has 1 amide bonds. The van der Waals surface area contributed by atoms with Gasteiger partial charge in [-0.05, 0) is 64.8 Å². The van der Waals surface area contributed by atoms with Crippen LogP contribution in [0.4, 0.5) is 0 Å². The molecule has 1 aromatic heterocycles. The Bertz CT molecular complexity index is 1110. The number of rotatable bonds is 7. The first-order valence-corrected chi connectivity index (χ1v) is 10.2. The number of furan rings is 1. The summed E-state index contributed by atoms with van der Waals surface area (Å²) in [6.07, 6.45) is 1.41. The molecule has 0 aliphatic carbocycles. The molecule has 1 N–H and O–H groups in total. The summed E-state index contributed by atoms with van der Waals surface area (Å²) in [5.41, 5.74) is 3.52. The Morgan fingerprint density at radius 1 is 1.23 bits per heavy atom. The van der Waals surface area contributed by atoms with Crippen LogP contribution >= 0.6 is 39.1 Å². The lowest BCUT2D eigenvalue weighted by Gasteiger charge is -2.10. The summed E-state index contributed by atoms with van der Waals surface area (Å²) in [6, 6.07) is 9.88. The first kappa shape index (κ1) is 22.1. The van der Waals surface area contributed by atoms with Gasteiger partial charge in [0.15, 0.2) is 18.1 Å². The Labute approximate surface area is 190 Å². The first-order chi connectivity index (χ1) is 14.4. The van der Waals surface area contributed by atoms with Crippen LogP contribution in [0, 0.1) is 0 Å². The fourth-order valence-electron chi connectivity index (χ4n) is 2.47. The van der Waals surface area contributed by atoms with Crippen LogP contribution in [0.1, 0.15) is 23.0 Å². The van der Waals surface area contributed by atoms with Crippen molar-refractivity contribution in [2.75, 3.05) is 13.2 Å². The van der Waals surface area contributed by atoms with E-state index < -0.39 is 11.9 Å². The molecule has 3 rings (SSSR count). The Hall–Kier alpha value is -2.55. The second kappa shape index (κ2) is 9.97. The van der Waals surface area contributed by atoms with Crippen molar-refractivity contribution in [2.24, 2.45) is 5.10 Å². The minimum absolute atomic E-state index is 0.103. The van der Waals surface area contributed by atoms with Gasteiger partial charge < -0.3 is 13.9 Å². The van der Waals surface area contributed by atoms with Gasteiger partial charge in [0, 0.05) is 10.4 Å². The SMILES string of the molecule is CCOC(=O)COc1c(Cl)cc(/C=N/NC(=O)c2cc3cc(Cl)ccc3o2)cc1Br. The molecule has 0 aliphatic rings. The lowest BCUT2D eigenvalue weighted by Crippen LogP contribution is -2.16. The Kier molecular flexibility index (Phi) is 7.36. The molecule has 0 fully saturated rings. The van der Waals surface area contributed by atoms with E-state index in [9.17, 15) is 9.59 Å². The van der Waals surface area contributed by atoms with E-state index in [1.165, 1.54) is 6.21 Å². The van der Waals surface area contributed by atoms with Crippen molar-refractivity contribution in [3.63, 3.8) is 0 Å². The van der Waals surface area contributed by atoms with Gasteiger partial charge in [0.05, 0.1) is 22.3 Å². The number of nitrogens with one attached hydrogen (secondary N) is 1. The molecule has 0 spiro atoms. The quantitative estimate of drug-likeness (QED) is 0.266. The summed E-state index contributed by atoms with van der Waals surface area (Å²) >= 11 is 15.5. The van der Waals surface area contributed by atoms with E-state index in [1.807, 2.05) is 0 Å². The lowest BCUT2D eigenvalue weighted by molar-refractivity contribution is -0.145. The van der Waals surface area contributed by atoms with Crippen LogP contribution in [-0.4, -0.2) is 31.3 Å². The van der Waals surface area contributed by atoms with Gasteiger partial charge in [0.2, 0.25) is 0 Å². The normalized spacial score (nSPS) is 11.1. The number of carbonyl (C=O) groups excluding carboxylic acids is 2. The standard InChI is InChI=1S/C20H15BrCl2N2O5/c1-2-28-18(26)10-29-19-14(21)5-11(6-15(19)23)9-24-25-20(27)17-8-12-7-13(22)3-4-16(12)30-17/h3-9H,2,10H2,1H3,(H,25,27)/b24-9+. The number of amides is 1. The Balaban J connectivity index is 1.65. The van der Waals surface area contributed by atoms with Gasteiger partial charge >= 0.3 is 11.9 Å². The van der Waals surface area contributed by atoms with E-state index in [2.05, 4.69) is 26.5 Å². The number of esters is 1. The van der Waals surface area contributed by atoms with Gasteiger partial charge in [-0.2, -0.15) is 5.10 Å². The van der Waals surface area contributed by atoms with Crippen molar-refractivity contribution >= 4 is 68.2 Å². The highest BCUT2D eigenvalue weighted by atomic mass is 79.9. The van der Waals surface area contributed by atoms with E-state index >= 15 is 0 Å². The zero-order valence-electron chi connectivity index (χ0n) is 15.6. The number of benzene rings is 2. The van der Waals surface area contributed by atoms with E-state index in [-0.39, 0.29) is 24.0 Å². The van der Waals surface area contributed by atoms with Gasteiger partial charge in [-0.3, -0.25) is 4.79 Å². The molecule has 0 atom stereocenters. The molecule has 0 unspecified atom stereocenters. The van der Waals surface area contributed by atoms with E-state index in [1.54, 1.807) is 43.3 Å². The fraction of sp³-hybridized carbons (Fsp3) is 0.150. The summed E-state index contributed by atoms with van der Waals surface area (Å²) < 4.78 is 16.2. The number of ether oxygens (including phenoxy) is 2. The molecule has 0 saturated heterocycles. The molecular weight excluding hydrogens is 499 g/mol. The van der Waals surface area contributed by atoms with Crippen LogP contribution in [-0.2, 0) is 9.53 Å². The number of hydrogen-bond donors (Lipinski definition) is 1. The van der Waals surface area contributed by atoms with Crippen LogP contribution < -0.4 is 10.2 Å². The fourth-order valence-corrected chi connectivity index (χ4v) is 3.64. The first-order valence-electron chi connectivity index (χ1n) is 8.67. The molecule has 0 saturated carbocycles. The van der Waals surface area contributed by atoms with Crippen molar-refractivity contribution < 1.29 is 23.5 Å². The van der Waals surface area contributed by atoms with Crippen molar-refractivity contribution in [1.82, 2.24) is 5.43 Å². The highest BCUT2D eigenvalue weighted by Gasteiger charge is 2.13. The lowest BCUT2D eigenvalue weighted by atomic mass is 10.2. The molecule has 7 nitrogen and oxygen atoms in total. The molecule has 2 aromatic carbocycles. The van der Waals surface area contributed by atoms with Gasteiger partial charge in [-0.25, -0.2) is 10.2 Å². The number of halogens is 3. The number of nitrogens with zero attached hydrogens (tertiary/aromatic N) is 1. The molecule has 10 heteroatoms. The topological polar surface area (TPSA) is 90.1 Å². The molecule has 0 radical (unpaired) electrons. The van der Waals surface area contributed by atoms with Gasteiger partial charge in [-0.15, -0.1) is 0 Å². The third-order valence-corrected chi connectivity index (χ3v) is 4.85. The average molecular weight is 514 g/mol. The largest absolute Gasteiger partial charge is 0.479 e. The van der Waals surface area contributed by atoms with Crippen LogP contribution in [0.15, 0.2) is 50.4 Å². The predicted molar refractivity (Wildman–Crippen MR) is 118 cm³/mol. The third kappa shape index (κ3) is 5.53. The second-order valence-electron chi connectivity index (χ2n) is 5.90. The van der Waals surface area contributed by atoms with Crippen LogP contribution in [0.3, 0.4) is 0 Å².